The van der Waals surface area contributed by atoms with Crippen molar-refractivity contribution in [2.45, 2.75) is 6.18 Å². The highest BCUT2D eigenvalue weighted by Crippen LogP contribution is 2.30. The number of aromatic nitrogens is 4. The van der Waals surface area contributed by atoms with Crippen LogP contribution in [0.5, 0.6) is 0 Å². The fourth-order valence-corrected chi connectivity index (χ4v) is 2.86. The molecule has 2 N–H and O–H groups in total. The Balaban J connectivity index is 1.63. The van der Waals surface area contributed by atoms with E-state index in [1.165, 1.54) is 12.1 Å². The zero-order chi connectivity index (χ0) is 20.6. The van der Waals surface area contributed by atoms with Crippen LogP contribution >= 0.6 is 0 Å². The van der Waals surface area contributed by atoms with Crippen molar-refractivity contribution in [1.29, 1.82) is 0 Å². The molecule has 0 radical (unpaired) electrons. The summed E-state index contributed by atoms with van der Waals surface area (Å²) < 4.78 is 51.4. The molecule has 0 aliphatic carbocycles. The molecule has 0 unspecified atom stereocenters. The van der Waals surface area contributed by atoms with Gasteiger partial charge in [0.15, 0.2) is 0 Å². The molecule has 0 aliphatic heterocycles. The number of anilines is 1. The number of pyridine rings is 2. The summed E-state index contributed by atoms with van der Waals surface area (Å²) in [5, 5.41) is 10.7. The molecule has 9 heteroatoms. The Morgan fingerprint density at radius 1 is 1.00 bits per heavy atom. The molecule has 3 heterocycles. The zero-order valence-corrected chi connectivity index (χ0v) is 14.8. The summed E-state index contributed by atoms with van der Waals surface area (Å²) in [6.07, 6.45) is -0.761. The molecular formula is C20H13F4N5. The van der Waals surface area contributed by atoms with Gasteiger partial charge in [0.05, 0.1) is 29.3 Å². The molecule has 4 aromatic rings. The molecular weight excluding hydrogens is 386 g/mol. The van der Waals surface area contributed by atoms with Gasteiger partial charge in [0.2, 0.25) is 0 Å². The Morgan fingerprint density at radius 3 is 2.52 bits per heavy atom. The van der Waals surface area contributed by atoms with Gasteiger partial charge in [-0.1, -0.05) is 12.6 Å². The molecule has 0 amide bonds. The quantitative estimate of drug-likeness (QED) is 0.460. The van der Waals surface area contributed by atoms with Crippen LogP contribution in [-0.4, -0.2) is 20.2 Å². The van der Waals surface area contributed by atoms with Crippen molar-refractivity contribution < 1.29 is 17.6 Å². The first kappa shape index (κ1) is 18.6. The van der Waals surface area contributed by atoms with Crippen LogP contribution in [0.1, 0.15) is 11.4 Å². The Morgan fingerprint density at radius 2 is 1.83 bits per heavy atom. The summed E-state index contributed by atoms with van der Waals surface area (Å²) in [6.45, 7) is 3.91. The number of nitrogens with zero attached hydrogens (tertiary/aromatic N) is 3. The molecule has 29 heavy (non-hydrogen) atoms. The molecule has 0 saturated carbocycles. The molecule has 0 fully saturated rings. The lowest BCUT2D eigenvalue weighted by molar-refractivity contribution is -0.141. The van der Waals surface area contributed by atoms with Gasteiger partial charge < -0.3 is 5.32 Å². The van der Waals surface area contributed by atoms with Gasteiger partial charge in [0.1, 0.15) is 17.2 Å². The van der Waals surface area contributed by atoms with Crippen LogP contribution in [0.4, 0.5) is 23.2 Å². The molecule has 0 spiro atoms. The van der Waals surface area contributed by atoms with Crippen molar-refractivity contribution in [1.82, 2.24) is 20.2 Å². The van der Waals surface area contributed by atoms with Crippen molar-refractivity contribution in [3.8, 4) is 11.1 Å². The maximum atomic E-state index is 13.5. The summed E-state index contributed by atoms with van der Waals surface area (Å²) in [5.41, 5.74) is 2.26. The predicted molar refractivity (Wildman–Crippen MR) is 101 cm³/mol. The fourth-order valence-electron chi connectivity index (χ4n) is 2.86. The van der Waals surface area contributed by atoms with Crippen molar-refractivity contribution in [2.75, 3.05) is 5.32 Å². The number of benzene rings is 1. The average Bonchev–Trinajstić information content (AvgIpc) is 3.11. The van der Waals surface area contributed by atoms with E-state index in [0.717, 1.165) is 29.5 Å². The van der Waals surface area contributed by atoms with E-state index in [1.807, 2.05) is 6.07 Å². The molecule has 4 rings (SSSR count). The van der Waals surface area contributed by atoms with Crippen LogP contribution in [0.15, 0.2) is 61.6 Å². The van der Waals surface area contributed by atoms with Gasteiger partial charge in [-0.2, -0.15) is 18.3 Å². The van der Waals surface area contributed by atoms with E-state index in [1.54, 1.807) is 18.3 Å². The third kappa shape index (κ3) is 3.79. The molecule has 1 aromatic carbocycles. The molecule has 0 bridgehead atoms. The number of halogens is 4. The lowest BCUT2D eigenvalue weighted by Gasteiger charge is -2.10. The number of hydrogen-bond acceptors (Lipinski definition) is 4. The van der Waals surface area contributed by atoms with E-state index in [2.05, 4.69) is 32.1 Å². The summed E-state index contributed by atoms with van der Waals surface area (Å²) in [6, 6.07) is 8.92. The first-order valence-corrected chi connectivity index (χ1v) is 8.40. The molecule has 0 saturated heterocycles. The largest absolute Gasteiger partial charge is 0.433 e. The highest BCUT2D eigenvalue weighted by atomic mass is 19.4. The van der Waals surface area contributed by atoms with E-state index in [-0.39, 0.29) is 0 Å². The Bertz CT molecular complexity index is 1200. The van der Waals surface area contributed by atoms with Gasteiger partial charge in [-0.3, -0.25) is 10.1 Å². The van der Waals surface area contributed by atoms with Gasteiger partial charge >= 0.3 is 6.18 Å². The van der Waals surface area contributed by atoms with Crippen molar-refractivity contribution in [3.05, 3.63) is 78.8 Å². The maximum Gasteiger partial charge on any atom is 0.433 e. The molecule has 146 valence electrons. The number of fused-ring (bicyclic) bond motifs is 1. The standard InChI is InChI=1S/C20H13F4N5/c1-11(27-15-3-5-18(26-10-15)20(22,23)24)19-16-7-12(2-4-17(16)28-29-19)13-6-14(21)9-25-8-13/h2-10,27H,1H2,(H,28,29). The molecule has 0 aliphatic rings. The normalized spacial score (nSPS) is 11.6. The Kier molecular flexibility index (Phi) is 4.50. The topological polar surface area (TPSA) is 66.5 Å². The lowest BCUT2D eigenvalue weighted by atomic mass is 10.0. The predicted octanol–water partition coefficient (Wildman–Crippen LogP) is 5.26. The number of alkyl halides is 3. The minimum atomic E-state index is -4.50. The van der Waals surface area contributed by atoms with Crippen LogP contribution in [0.2, 0.25) is 0 Å². The second-order valence-corrected chi connectivity index (χ2v) is 6.26. The Hall–Kier alpha value is -3.75. The zero-order valence-electron chi connectivity index (χ0n) is 14.8. The molecule has 0 atom stereocenters. The Labute approximate surface area is 162 Å². The van der Waals surface area contributed by atoms with E-state index in [4.69, 9.17) is 0 Å². The van der Waals surface area contributed by atoms with E-state index >= 15 is 0 Å². The van der Waals surface area contributed by atoms with Gasteiger partial charge in [0.25, 0.3) is 0 Å². The maximum absolute atomic E-state index is 13.5. The average molecular weight is 399 g/mol. The van der Waals surface area contributed by atoms with Crippen LogP contribution in [0.25, 0.3) is 27.7 Å². The number of rotatable bonds is 4. The van der Waals surface area contributed by atoms with E-state index < -0.39 is 17.7 Å². The first-order valence-electron chi connectivity index (χ1n) is 8.40. The molecule has 5 nitrogen and oxygen atoms in total. The van der Waals surface area contributed by atoms with E-state index in [9.17, 15) is 17.6 Å². The summed E-state index contributed by atoms with van der Waals surface area (Å²) in [7, 11) is 0. The van der Waals surface area contributed by atoms with Crippen LogP contribution in [-0.2, 0) is 6.18 Å². The highest BCUT2D eigenvalue weighted by Gasteiger charge is 2.32. The second-order valence-electron chi connectivity index (χ2n) is 6.26. The van der Waals surface area contributed by atoms with Gasteiger partial charge in [0, 0.05) is 17.1 Å². The van der Waals surface area contributed by atoms with Gasteiger partial charge in [-0.05, 0) is 35.9 Å². The number of hydrogen-bond donors (Lipinski definition) is 2. The summed E-state index contributed by atoms with van der Waals surface area (Å²) in [4.78, 5) is 7.26. The van der Waals surface area contributed by atoms with Crippen LogP contribution in [0.3, 0.4) is 0 Å². The summed E-state index contributed by atoms with van der Waals surface area (Å²) in [5.74, 6) is -0.448. The first-order chi connectivity index (χ1) is 13.8. The SMILES string of the molecule is C=C(Nc1ccc(C(F)(F)F)nc1)c1n[nH]c2ccc(-c3cncc(F)c3)cc12. The highest BCUT2D eigenvalue weighted by molar-refractivity contribution is 5.94. The number of aromatic amines is 1. The van der Waals surface area contributed by atoms with Gasteiger partial charge in [-0.15, -0.1) is 0 Å². The van der Waals surface area contributed by atoms with E-state index in [0.29, 0.717) is 28.0 Å². The smallest absolute Gasteiger partial charge is 0.353 e. The van der Waals surface area contributed by atoms with Crippen LogP contribution < -0.4 is 5.32 Å². The third-order valence-corrected chi connectivity index (χ3v) is 4.24. The minimum absolute atomic E-state index is 0.338. The summed E-state index contributed by atoms with van der Waals surface area (Å²) >= 11 is 0. The number of H-pyrrole nitrogens is 1. The molecule has 3 aromatic heterocycles. The second kappa shape index (κ2) is 7.01. The monoisotopic (exact) mass is 399 g/mol. The minimum Gasteiger partial charge on any atom is -0.353 e. The van der Waals surface area contributed by atoms with Crippen molar-refractivity contribution in [3.63, 3.8) is 0 Å². The van der Waals surface area contributed by atoms with Crippen molar-refractivity contribution >= 4 is 22.3 Å². The van der Waals surface area contributed by atoms with Crippen LogP contribution in [0, 0.1) is 5.82 Å². The van der Waals surface area contributed by atoms with Crippen molar-refractivity contribution in [2.24, 2.45) is 0 Å². The number of nitrogens with one attached hydrogen (secondary N) is 2. The fraction of sp³-hybridized carbons (Fsp3) is 0.0500. The van der Waals surface area contributed by atoms with Gasteiger partial charge in [-0.25, -0.2) is 9.37 Å². The lowest BCUT2D eigenvalue weighted by Crippen LogP contribution is -2.08. The third-order valence-electron chi connectivity index (χ3n) is 4.24.